The molecule has 0 bridgehead atoms. The van der Waals surface area contributed by atoms with E-state index in [-0.39, 0.29) is 17.4 Å². The third-order valence-corrected chi connectivity index (χ3v) is 5.38. The summed E-state index contributed by atoms with van der Waals surface area (Å²) in [5.41, 5.74) is 6.60. The Kier molecular flexibility index (Phi) is 3.36. The molecule has 0 spiro atoms. The van der Waals surface area contributed by atoms with Gasteiger partial charge in [0.1, 0.15) is 5.82 Å². The Morgan fingerprint density at radius 3 is 2.95 bits per heavy atom. The molecule has 1 unspecified atom stereocenters. The molecule has 2 heterocycles. The van der Waals surface area contributed by atoms with E-state index in [1.807, 2.05) is 0 Å². The van der Waals surface area contributed by atoms with E-state index in [2.05, 4.69) is 15.5 Å². The fourth-order valence-electron chi connectivity index (χ4n) is 2.50. The van der Waals surface area contributed by atoms with Crippen molar-refractivity contribution in [3.05, 3.63) is 24.0 Å². The zero-order valence-electron chi connectivity index (χ0n) is 11.1. The van der Waals surface area contributed by atoms with E-state index >= 15 is 0 Å². The average molecular weight is 311 g/mol. The van der Waals surface area contributed by atoms with Gasteiger partial charge in [0.15, 0.2) is 15.7 Å². The van der Waals surface area contributed by atoms with E-state index < -0.39 is 15.7 Å². The number of benzene rings is 1. The van der Waals surface area contributed by atoms with Crippen molar-refractivity contribution in [2.45, 2.75) is 13.0 Å². The summed E-state index contributed by atoms with van der Waals surface area (Å²) < 4.78 is 37.8. The second kappa shape index (κ2) is 5.06. The summed E-state index contributed by atoms with van der Waals surface area (Å²) in [5, 5.41) is 11.3. The van der Waals surface area contributed by atoms with Gasteiger partial charge in [-0.05, 0) is 41.0 Å². The van der Waals surface area contributed by atoms with Crippen molar-refractivity contribution in [3.8, 4) is 11.4 Å². The number of nitrogens with two attached hydrogens (primary N) is 1. The van der Waals surface area contributed by atoms with E-state index in [1.54, 1.807) is 0 Å². The van der Waals surface area contributed by atoms with Crippen LogP contribution in [0.15, 0.2) is 18.2 Å². The summed E-state index contributed by atoms with van der Waals surface area (Å²) in [5.74, 6) is 0.197. The summed E-state index contributed by atoms with van der Waals surface area (Å²) in [6.45, 7) is 0.373. The highest BCUT2D eigenvalue weighted by atomic mass is 32.2. The molecule has 1 aromatic heterocycles. The number of hydrogen-bond acceptors (Lipinski definition) is 6. The smallest absolute Gasteiger partial charge is 0.184 e. The number of halogens is 1. The number of nitrogen functional groups attached to an aromatic ring is 1. The van der Waals surface area contributed by atoms with Gasteiger partial charge in [0.2, 0.25) is 0 Å². The number of anilines is 1. The van der Waals surface area contributed by atoms with Gasteiger partial charge in [-0.3, -0.25) is 0 Å². The van der Waals surface area contributed by atoms with Crippen LogP contribution >= 0.6 is 0 Å². The molecule has 0 radical (unpaired) electrons. The fourth-order valence-corrected chi connectivity index (χ4v) is 4.35. The van der Waals surface area contributed by atoms with Crippen molar-refractivity contribution in [1.29, 1.82) is 0 Å². The number of nitrogens with zero attached hydrogens (tertiary/aromatic N) is 4. The zero-order valence-corrected chi connectivity index (χ0v) is 11.9. The van der Waals surface area contributed by atoms with Gasteiger partial charge in [-0.25, -0.2) is 17.5 Å². The molecule has 112 valence electrons. The molecule has 7 nitrogen and oxygen atoms in total. The minimum atomic E-state index is -2.96. The summed E-state index contributed by atoms with van der Waals surface area (Å²) in [6.07, 6.45) is 0.584. The van der Waals surface area contributed by atoms with Crippen LogP contribution < -0.4 is 5.73 Å². The van der Waals surface area contributed by atoms with Crippen LogP contribution in [0.4, 0.5) is 10.1 Å². The molecule has 1 aliphatic heterocycles. The van der Waals surface area contributed by atoms with Crippen molar-refractivity contribution in [1.82, 2.24) is 20.2 Å². The van der Waals surface area contributed by atoms with E-state index in [0.29, 0.717) is 30.0 Å². The lowest BCUT2D eigenvalue weighted by molar-refractivity contribution is 0.452. The van der Waals surface area contributed by atoms with E-state index in [9.17, 15) is 12.8 Å². The third kappa shape index (κ3) is 2.87. The molecule has 2 aromatic rings. The molecule has 1 fully saturated rings. The fraction of sp³-hybridized carbons (Fsp3) is 0.417. The summed E-state index contributed by atoms with van der Waals surface area (Å²) >= 11 is 0. The quantitative estimate of drug-likeness (QED) is 0.828. The Bertz CT molecular complexity index is 774. The van der Waals surface area contributed by atoms with Crippen molar-refractivity contribution in [3.63, 3.8) is 0 Å². The van der Waals surface area contributed by atoms with Crippen LogP contribution in [0.25, 0.3) is 11.4 Å². The highest BCUT2D eigenvalue weighted by molar-refractivity contribution is 7.91. The number of hydrogen-bond donors (Lipinski definition) is 1. The summed E-state index contributed by atoms with van der Waals surface area (Å²) in [6, 6.07) is 3.98. The van der Waals surface area contributed by atoms with Gasteiger partial charge in [0.25, 0.3) is 0 Å². The highest BCUT2D eigenvalue weighted by Gasteiger charge is 2.29. The van der Waals surface area contributed by atoms with Crippen LogP contribution in [0.1, 0.15) is 6.42 Å². The summed E-state index contributed by atoms with van der Waals surface area (Å²) in [7, 11) is -2.96. The molecule has 0 amide bonds. The van der Waals surface area contributed by atoms with Crippen molar-refractivity contribution in [2.75, 3.05) is 17.2 Å². The maximum Gasteiger partial charge on any atom is 0.184 e. The minimum absolute atomic E-state index is 0.0352. The first-order valence-corrected chi connectivity index (χ1v) is 8.29. The van der Waals surface area contributed by atoms with Gasteiger partial charge in [0, 0.05) is 17.8 Å². The highest BCUT2D eigenvalue weighted by Crippen LogP contribution is 2.26. The predicted octanol–water partition coefficient (Wildman–Crippen LogP) is 0.496. The first kappa shape index (κ1) is 13.9. The van der Waals surface area contributed by atoms with Gasteiger partial charge in [0.05, 0.1) is 11.5 Å². The number of rotatable bonds is 3. The molecule has 1 aliphatic rings. The Morgan fingerprint density at radius 1 is 1.43 bits per heavy atom. The topological polar surface area (TPSA) is 104 Å². The molecule has 2 N–H and O–H groups in total. The molecule has 0 aliphatic carbocycles. The van der Waals surface area contributed by atoms with Crippen LogP contribution in [0.5, 0.6) is 0 Å². The second-order valence-electron chi connectivity index (χ2n) is 5.19. The van der Waals surface area contributed by atoms with Crippen molar-refractivity contribution in [2.24, 2.45) is 5.92 Å². The Labute approximate surface area is 120 Å². The van der Waals surface area contributed by atoms with Crippen molar-refractivity contribution < 1.29 is 12.8 Å². The molecular formula is C12H14FN5O2S. The molecule has 3 rings (SSSR count). The standard InChI is InChI=1S/C12H14FN5O2S/c13-9-1-2-11(14)10(5-9)12-15-16-17-18(12)6-8-3-4-21(19,20)7-8/h1-2,5,8H,3-4,6-7,14H2. The van der Waals surface area contributed by atoms with Gasteiger partial charge >= 0.3 is 0 Å². The number of aromatic nitrogens is 4. The lowest BCUT2D eigenvalue weighted by atomic mass is 10.1. The molecule has 1 atom stereocenters. The Morgan fingerprint density at radius 2 is 2.24 bits per heavy atom. The maximum absolute atomic E-state index is 13.4. The molecule has 9 heteroatoms. The lowest BCUT2D eigenvalue weighted by Gasteiger charge is -2.10. The average Bonchev–Trinajstić information content (AvgIpc) is 2.99. The zero-order chi connectivity index (χ0) is 15.0. The molecule has 1 saturated heterocycles. The number of sulfone groups is 1. The van der Waals surface area contributed by atoms with E-state index in [0.717, 1.165) is 0 Å². The second-order valence-corrected chi connectivity index (χ2v) is 7.41. The normalized spacial score (nSPS) is 20.7. The van der Waals surface area contributed by atoms with Crippen LogP contribution in [0, 0.1) is 11.7 Å². The van der Waals surface area contributed by atoms with E-state index in [4.69, 9.17) is 5.73 Å². The largest absolute Gasteiger partial charge is 0.398 e. The van der Waals surface area contributed by atoms with Crippen molar-refractivity contribution >= 4 is 15.5 Å². The van der Waals surface area contributed by atoms with Gasteiger partial charge < -0.3 is 5.73 Å². The van der Waals surface area contributed by atoms with Gasteiger partial charge in [-0.1, -0.05) is 0 Å². The predicted molar refractivity (Wildman–Crippen MR) is 74.4 cm³/mol. The number of tetrazole rings is 1. The van der Waals surface area contributed by atoms with Crippen LogP contribution in [0.3, 0.4) is 0 Å². The van der Waals surface area contributed by atoms with Gasteiger partial charge in [-0.2, -0.15) is 0 Å². The Balaban J connectivity index is 1.89. The third-order valence-electron chi connectivity index (χ3n) is 3.55. The molecular weight excluding hydrogens is 297 g/mol. The van der Waals surface area contributed by atoms with Crippen LogP contribution in [0.2, 0.25) is 0 Å². The molecule has 0 saturated carbocycles. The first-order chi connectivity index (χ1) is 9.94. The van der Waals surface area contributed by atoms with Gasteiger partial charge in [-0.15, -0.1) is 5.10 Å². The maximum atomic E-state index is 13.4. The summed E-state index contributed by atoms with van der Waals surface area (Å²) in [4.78, 5) is 0. The SMILES string of the molecule is Nc1ccc(F)cc1-c1nnnn1CC1CCS(=O)(=O)C1. The van der Waals surface area contributed by atoms with Crippen LogP contribution in [-0.4, -0.2) is 40.1 Å². The van der Waals surface area contributed by atoms with E-state index in [1.165, 1.54) is 22.9 Å². The van der Waals surface area contributed by atoms with Crippen LogP contribution in [-0.2, 0) is 16.4 Å². The minimum Gasteiger partial charge on any atom is -0.398 e. The monoisotopic (exact) mass is 311 g/mol. The molecule has 1 aromatic carbocycles. The Hall–Kier alpha value is -2.03. The molecule has 21 heavy (non-hydrogen) atoms. The first-order valence-electron chi connectivity index (χ1n) is 6.46. The lowest BCUT2D eigenvalue weighted by Crippen LogP contribution is -2.15.